The van der Waals surface area contributed by atoms with Crippen molar-refractivity contribution in [3.63, 3.8) is 0 Å². The summed E-state index contributed by atoms with van der Waals surface area (Å²) < 4.78 is 0. The van der Waals surface area contributed by atoms with E-state index in [-0.39, 0.29) is 5.91 Å². The van der Waals surface area contributed by atoms with Crippen LogP contribution in [-0.2, 0) is 4.79 Å². The van der Waals surface area contributed by atoms with Crippen molar-refractivity contribution in [1.29, 1.82) is 0 Å². The average Bonchev–Trinajstić information content (AvgIpc) is 2.01. The van der Waals surface area contributed by atoms with Gasteiger partial charge >= 0.3 is 0 Å². The zero-order valence-corrected chi connectivity index (χ0v) is 10.4. The molecule has 13 heavy (non-hydrogen) atoms. The molecule has 0 aromatic rings. The molecule has 0 rings (SSSR count). The molecule has 0 heterocycles. The van der Waals surface area contributed by atoms with Gasteiger partial charge in [-0.05, 0) is 25.7 Å². The Labute approximate surface area is 89.6 Å². The Morgan fingerprint density at radius 2 is 1.92 bits per heavy atom. The fraction of sp³-hybridized carbons (Fsp3) is 0.900. The van der Waals surface area contributed by atoms with Crippen molar-refractivity contribution in [2.45, 2.75) is 46.1 Å². The smallest absolute Gasteiger partial charge is 0.220 e. The molecule has 0 fully saturated rings. The summed E-state index contributed by atoms with van der Waals surface area (Å²) in [5.41, 5.74) is 0. The summed E-state index contributed by atoms with van der Waals surface area (Å²) in [5, 5.41) is 3.91. The van der Waals surface area contributed by atoms with E-state index in [1.165, 1.54) is 0 Å². The van der Waals surface area contributed by atoms with Gasteiger partial charge in [0.1, 0.15) is 0 Å². The van der Waals surface area contributed by atoms with E-state index >= 15 is 0 Å². The van der Waals surface area contributed by atoms with Gasteiger partial charge in [0.2, 0.25) is 5.91 Å². The van der Waals surface area contributed by atoms with Gasteiger partial charge in [-0.15, -0.1) is 0 Å². The molecule has 78 valence electrons. The maximum Gasteiger partial charge on any atom is 0.220 e. The molecule has 2 nitrogen and oxygen atoms in total. The quantitative estimate of drug-likeness (QED) is 0.721. The van der Waals surface area contributed by atoms with Crippen LogP contribution in [0.15, 0.2) is 0 Å². The highest BCUT2D eigenvalue weighted by atomic mass is 79.9. The van der Waals surface area contributed by atoms with E-state index < -0.39 is 0 Å². The van der Waals surface area contributed by atoms with Crippen LogP contribution in [0.2, 0.25) is 0 Å². The van der Waals surface area contributed by atoms with Crippen molar-refractivity contribution in [1.82, 2.24) is 5.32 Å². The summed E-state index contributed by atoms with van der Waals surface area (Å²) in [6.45, 7) is 6.30. The molecule has 0 aliphatic rings. The fourth-order valence-electron chi connectivity index (χ4n) is 1.00. The van der Waals surface area contributed by atoms with Crippen LogP contribution in [0.4, 0.5) is 0 Å². The van der Waals surface area contributed by atoms with Gasteiger partial charge in [0.15, 0.2) is 0 Å². The number of amides is 1. The second kappa shape index (κ2) is 7.36. The van der Waals surface area contributed by atoms with Crippen molar-refractivity contribution in [2.24, 2.45) is 5.92 Å². The zero-order valence-electron chi connectivity index (χ0n) is 8.77. The van der Waals surface area contributed by atoms with Crippen LogP contribution >= 0.6 is 15.9 Å². The molecule has 0 bridgehead atoms. The maximum atomic E-state index is 11.3. The standard InChI is InChI=1S/C10H20BrNO/c1-8(2)4-5-10(13)12-9(3)6-7-11/h8-9H,4-7H2,1-3H3,(H,12,13). The van der Waals surface area contributed by atoms with E-state index in [1.54, 1.807) is 0 Å². The number of nitrogens with one attached hydrogen (secondary N) is 1. The number of halogens is 1. The molecule has 0 aromatic heterocycles. The van der Waals surface area contributed by atoms with Crippen molar-refractivity contribution in [3.8, 4) is 0 Å². The Balaban J connectivity index is 3.50. The number of hydrogen-bond acceptors (Lipinski definition) is 1. The van der Waals surface area contributed by atoms with E-state index in [4.69, 9.17) is 0 Å². The molecule has 0 aliphatic carbocycles. The van der Waals surface area contributed by atoms with Crippen LogP contribution in [0.1, 0.15) is 40.0 Å². The van der Waals surface area contributed by atoms with Crippen molar-refractivity contribution in [3.05, 3.63) is 0 Å². The third-order valence-corrected chi connectivity index (χ3v) is 2.36. The Kier molecular flexibility index (Phi) is 7.33. The Morgan fingerprint density at radius 1 is 1.31 bits per heavy atom. The van der Waals surface area contributed by atoms with E-state index in [0.29, 0.717) is 18.4 Å². The Bertz CT molecular complexity index is 148. The zero-order chi connectivity index (χ0) is 10.3. The predicted octanol–water partition coefficient (Wildman–Crippen LogP) is 2.71. The summed E-state index contributed by atoms with van der Waals surface area (Å²) in [6, 6.07) is 0.291. The first-order valence-corrected chi connectivity index (χ1v) is 6.03. The number of rotatable bonds is 6. The third-order valence-electron chi connectivity index (χ3n) is 1.90. The highest BCUT2D eigenvalue weighted by Crippen LogP contribution is 2.03. The van der Waals surface area contributed by atoms with Crippen LogP contribution in [0, 0.1) is 5.92 Å². The summed E-state index contributed by atoms with van der Waals surface area (Å²) >= 11 is 3.35. The van der Waals surface area contributed by atoms with Crippen molar-refractivity contribution in [2.75, 3.05) is 5.33 Å². The monoisotopic (exact) mass is 249 g/mol. The molecule has 1 amide bonds. The molecule has 3 heteroatoms. The summed E-state index contributed by atoms with van der Waals surface area (Å²) in [6.07, 6.45) is 2.63. The molecule has 0 saturated heterocycles. The van der Waals surface area contributed by atoms with E-state index in [0.717, 1.165) is 18.2 Å². The molecular formula is C10H20BrNO. The van der Waals surface area contributed by atoms with Crippen LogP contribution in [-0.4, -0.2) is 17.3 Å². The third kappa shape index (κ3) is 8.28. The summed E-state index contributed by atoms with van der Waals surface area (Å²) in [7, 11) is 0. The fourth-order valence-corrected chi connectivity index (χ4v) is 1.69. The van der Waals surface area contributed by atoms with Gasteiger partial charge in [-0.1, -0.05) is 29.8 Å². The van der Waals surface area contributed by atoms with Crippen molar-refractivity contribution >= 4 is 21.8 Å². The van der Waals surface area contributed by atoms with E-state index in [2.05, 4.69) is 35.1 Å². The van der Waals surface area contributed by atoms with E-state index in [9.17, 15) is 4.79 Å². The number of alkyl halides is 1. The molecule has 1 atom stereocenters. The second-order valence-corrected chi connectivity index (χ2v) is 4.67. The number of hydrogen-bond donors (Lipinski definition) is 1. The SMILES string of the molecule is CC(C)CCC(=O)NC(C)CCBr. The highest BCUT2D eigenvalue weighted by molar-refractivity contribution is 9.09. The van der Waals surface area contributed by atoms with Gasteiger partial charge in [-0.3, -0.25) is 4.79 Å². The number of carbonyl (C=O) groups excluding carboxylic acids is 1. The molecule has 0 aliphatic heterocycles. The van der Waals surface area contributed by atoms with Gasteiger partial charge in [-0.25, -0.2) is 0 Å². The molecule has 1 unspecified atom stereocenters. The Hall–Kier alpha value is -0.0500. The minimum Gasteiger partial charge on any atom is -0.354 e. The van der Waals surface area contributed by atoms with Crippen LogP contribution in [0.5, 0.6) is 0 Å². The lowest BCUT2D eigenvalue weighted by molar-refractivity contribution is -0.121. The van der Waals surface area contributed by atoms with Gasteiger partial charge in [0.25, 0.3) is 0 Å². The molecular weight excluding hydrogens is 230 g/mol. The highest BCUT2D eigenvalue weighted by Gasteiger charge is 2.06. The molecule has 0 aromatic carbocycles. The first-order chi connectivity index (χ1) is 6.06. The predicted molar refractivity (Wildman–Crippen MR) is 60.1 cm³/mol. The van der Waals surface area contributed by atoms with Gasteiger partial charge in [0, 0.05) is 17.8 Å². The van der Waals surface area contributed by atoms with Crippen LogP contribution in [0.3, 0.4) is 0 Å². The van der Waals surface area contributed by atoms with Gasteiger partial charge in [0.05, 0.1) is 0 Å². The minimum atomic E-state index is 0.183. The topological polar surface area (TPSA) is 29.1 Å². The van der Waals surface area contributed by atoms with Crippen molar-refractivity contribution < 1.29 is 4.79 Å². The molecule has 0 saturated carbocycles. The normalized spacial score (nSPS) is 13.0. The molecule has 0 spiro atoms. The first kappa shape index (κ1) is 12.9. The lowest BCUT2D eigenvalue weighted by Crippen LogP contribution is -2.32. The lowest BCUT2D eigenvalue weighted by Gasteiger charge is -2.12. The van der Waals surface area contributed by atoms with E-state index in [1.807, 2.05) is 6.92 Å². The summed E-state index contributed by atoms with van der Waals surface area (Å²) in [5.74, 6) is 0.791. The van der Waals surface area contributed by atoms with Gasteiger partial charge in [-0.2, -0.15) is 0 Å². The minimum absolute atomic E-state index is 0.183. The second-order valence-electron chi connectivity index (χ2n) is 3.88. The molecule has 0 radical (unpaired) electrons. The largest absolute Gasteiger partial charge is 0.354 e. The average molecular weight is 250 g/mol. The number of carbonyl (C=O) groups is 1. The maximum absolute atomic E-state index is 11.3. The molecule has 1 N–H and O–H groups in total. The lowest BCUT2D eigenvalue weighted by atomic mass is 10.1. The Morgan fingerprint density at radius 3 is 2.38 bits per heavy atom. The summed E-state index contributed by atoms with van der Waals surface area (Å²) in [4.78, 5) is 11.3. The van der Waals surface area contributed by atoms with Gasteiger partial charge < -0.3 is 5.32 Å². The van der Waals surface area contributed by atoms with Crippen LogP contribution < -0.4 is 5.32 Å². The first-order valence-electron chi connectivity index (χ1n) is 4.91. The van der Waals surface area contributed by atoms with Crippen LogP contribution in [0.25, 0.3) is 0 Å².